The van der Waals surface area contributed by atoms with Gasteiger partial charge in [0, 0.05) is 27.5 Å². The van der Waals surface area contributed by atoms with Crippen molar-refractivity contribution in [1.29, 1.82) is 0 Å². The van der Waals surface area contributed by atoms with Crippen LogP contribution >= 0.6 is 0 Å². The van der Waals surface area contributed by atoms with Gasteiger partial charge in [-0.1, -0.05) is 140 Å². The van der Waals surface area contributed by atoms with Gasteiger partial charge in [-0.15, -0.1) is 0 Å². The molecule has 4 heterocycles. The molecule has 0 amide bonds. The topological polar surface area (TPSA) is 27.1 Å². The monoisotopic (exact) mass is 668 g/mol. The van der Waals surface area contributed by atoms with E-state index in [-0.39, 0.29) is 0 Å². The summed E-state index contributed by atoms with van der Waals surface area (Å²) in [5, 5.41) is 2.52. The maximum atomic E-state index is 6.94. The van der Waals surface area contributed by atoms with Crippen molar-refractivity contribution in [3.63, 3.8) is 0 Å². The number of nitrogens with zero attached hydrogens (tertiary/aromatic N) is 2. The lowest BCUT2D eigenvalue weighted by Gasteiger charge is -2.45. The van der Waals surface area contributed by atoms with Crippen LogP contribution in [0.1, 0.15) is 48.2 Å². The van der Waals surface area contributed by atoms with Crippen molar-refractivity contribution in [2.75, 3.05) is 0 Å². The largest absolute Gasteiger partial charge is 0.457 e. The number of aromatic nitrogens is 2. The van der Waals surface area contributed by atoms with Crippen LogP contribution in [0.15, 0.2) is 170 Å². The van der Waals surface area contributed by atoms with Crippen LogP contribution in [0.3, 0.4) is 0 Å². The van der Waals surface area contributed by atoms with E-state index in [0.29, 0.717) is 0 Å². The summed E-state index contributed by atoms with van der Waals surface area (Å²) in [6.45, 7) is 4.23. The molecular formula is C49H36N2O. The molecule has 1 atom stereocenters. The number of ether oxygens (including phenoxy) is 1. The highest BCUT2D eigenvalue weighted by molar-refractivity contribution is 6.12. The fourth-order valence-corrected chi connectivity index (χ4v) is 8.77. The number of allylic oxidation sites excluding steroid dienone is 4. The third-order valence-corrected chi connectivity index (χ3v) is 10.8. The van der Waals surface area contributed by atoms with Crippen molar-refractivity contribution in [3.8, 4) is 39.6 Å². The molecule has 2 aliphatic rings. The first-order valence-electron chi connectivity index (χ1n) is 18.2. The van der Waals surface area contributed by atoms with Gasteiger partial charge in [-0.05, 0) is 77.6 Å². The van der Waals surface area contributed by atoms with Gasteiger partial charge >= 0.3 is 0 Å². The summed E-state index contributed by atoms with van der Waals surface area (Å²) in [7, 11) is 0. The Labute approximate surface area is 303 Å². The minimum atomic E-state index is -0.601. The van der Waals surface area contributed by atoms with E-state index in [2.05, 4.69) is 188 Å². The second-order valence-electron chi connectivity index (χ2n) is 13.7. The van der Waals surface area contributed by atoms with Crippen LogP contribution in [0.2, 0.25) is 0 Å². The van der Waals surface area contributed by atoms with Gasteiger partial charge in [0.1, 0.15) is 11.5 Å². The van der Waals surface area contributed by atoms with E-state index < -0.39 is 5.41 Å². The van der Waals surface area contributed by atoms with Gasteiger partial charge in [0.25, 0.3) is 0 Å². The molecule has 0 bridgehead atoms. The van der Waals surface area contributed by atoms with Gasteiger partial charge in [0.2, 0.25) is 0 Å². The van der Waals surface area contributed by atoms with E-state index in [1.807, 2.05) is 0 Å². The zero-order valence-corrected chi connectivity index (χ0v) is 29.2. The van der Waals surface area contributed by atoms with Crippen molar-refractivity contribution in [2.45, 2.75) is 25.7 Å². The normalized spacial score (nSPS) is 15.8. The predicted molar refractivity (Wildman–Crippen MR) is 214 cm³/mol. The molecule has 2 aromatic heterocycles. The zero-order valence-electron chi connectivity index (χ0n) is 29.2. The van der Waals surface area contributed by atoms with Gasteiger partial charge in [-0.2, -0.15) is 0 Å². The predicted octanol–water partition coefficient (Wildman–Crippen LogP) is 12.7. The number of rotatable bonds is 5. The van der Waals surface area contributed by atoms with Crippen LogP contribution in [0.25, 0.3) is 55.5 Å². The summed E-state index contributed by atoms with van der Waals surface area (Å²) in [5.41, 5.74) is 14.1. The number of fused-ring (bicyclic) bond motifs is 11. The summed E-state index contributed by atoms with van der Waals surface area (Å²) in [6, 6.07) is 54.8. The van der Waals surface area contributed by atoms with Crippen molar-refractivity contribution < 1.29 is 4.74 Å². The maximum absolute atomic E-state index is 6.94. The molecule has 0 saturated carbocycles. The Morgan fingerprint density at radius 1 is 0.635 bits per heavy atom. The third kappa shape index (κ3) is 4.29. The molecule has 2 aliphatic heterocycles. The number of benzene rings is 6. The van der Waals surface area contributed by atoms with Crippen LogP contribution in [0.5, 0.6) is 11.5 Å². The SMILES string of the molecule is C/C=C\C(=C/CC)c1cc(-c2ccccc2)cc(-c2ccc3c(c2)Oc2ccccc2C32c3ccccc3-n3c4ccccc4c4cccc2c43)n1. The van der Waals surface area contributed by atoms with E-state index in [0.717, 1.165) is 62.7 Å². The fraction of sp³-hybridized carbons (Fsp3) is 0.0816. The van der Waals surface area contributed by atoms with Gasteiger partial charge in [-0.3, -0.25) is 0 Å². The molecule has 3 nitrogen and oxygen atoms in total. The molecule has 1 unspecified atom stereocenters. The third-order valence-electron chi connectivity index (χ3n) is 10.8. The van der Waals surface area contributed by atoms with Crippen LogP contribution in [-0.4, -0.2) is 9.55 Å². The van der Waals surface area contributed by atoms with E-state index >= 15 is 0 Å². The summed E-state index contributed by atoms with van der Waals surface area (Å²) in [4.78, 5) is 5.31. The molecule has 3 heteroatoms. The van der Waals surface area contributed by atoms with Crippen molar-refractivity contribution in [1.82, 2.24) is 9.55 Å². The van der Waals surface area contributed by atoms with Gasteiger partial charge in [-0.25, -0.2) is 4.98 Å². The molecule has 248 valence electrons. The molecule has 0 radical (unpaired) electrons. The lowest BCUT2D eigenvalue weighted by Crippen LogP contribution is -2.37. The number of hydrogen-bond acceptors (Lipinski definition) is 2. The van der Waals surface area contributed by atoms with E-state index in [1.165, 1.54) is 38.6 Å². The minimum Gasteiger partial charge on any atom is -0.457 e. The van der Waals surface area contributed by atoms with Crippen LogP contribution in [0.4, 0.5) is 0 Å². The Morgan fingerprint density at radius 3 is 2.23 bits per heavy atom. The maximum Gasteiger partial charge on any atom is 0.132 e. The van der Waals surface area contributed by atoms with Crippen molar-refractivity contribution in [3.05, 3.63) is 198 Å². The first-order valence-corrected chi connectivity index (χ1v) is 18.2. The number of pyridine rings is 1. The minimum absolute atomic E-state index is 0.601. The Balaban J connectivity index is 1.26. The van der Waals surface area contributed by atoms with Crippen LogP contribution in [-0.2, 0) is 5.41 Å². The molecule has 0 saturated heterocycles. The lowest BCUT2D eigenvalue weighted by molar-refractivity contribution is 0.434. The lowest BCUT2D eigenvalue weighted by atomic mass is 9.61. The summed E-state index contributed by atoms with van der Waals surface area (Å²) in [6.07, 6.45) is 7.41. The molecule has 6 aromatic carbocycles. The van der Waals surface area contributed by atoms with Gasteiger partial charge in [0.05, 0.1) is 33.5 Å². The Morgan fingerprint density at radius 2 is 1.37 bits per heavy atom. The summed E-state index contributed by atoms with van der Waals surface area (Å²) in [5.74, 6) is 1.72. The number of hydrogen-bond donors (Lipinski definition) is 0. The molecule has 0 fully saturated rings. The van der Waals surface area contributed by atoms with Crippen molar-refractivity contribution in [2.24, 2.45) is 0 Å². The zero-order chi connectivity index (χ0) is 34.8. The second-order valence-corrected chi connectivity index (χ2v) is 13.7. The highest BCUT2D eigenvalue weighted by Crippen LogP contribution is 2.60. The Hall–Kier alpha value is -6.45. The first-order chi connectivity index (χ1) is 25.7. The van der Waals surface area contributed by atoms with Gasteiger partial charge < -0.3 is 9.30 Å². The molecule has 0 aliphatic carbocycles. The molecule has 8 aromatic rings. The highest BCUT2D eigenvalue weighted by atomic mass is 16.5. The highest BCUT2D eigenvalue weighted by Gasteiger charge is 2.50. The van der Waals surface area contributed by atoms with E-state index in [4.69, 9.17) is 9.72 Å². The summed E-state index contributed by atoms with van der Waals surface area (Å²) < 4.78 is 9.41. The fourth-order valence-electron chi connectivity index (χ4n) is 8.77. The Kier molecular flexibility index (Phi) is 6.91. The standard InChI is InChI=1S/C49H36N2O/c1-3-15-33(16-4-2)42-29-35(32-17-6-5-7-18-32)30-43(50-42)34-27-28-40-47(31-34)52-46-26-13-10-22-39(46)49(40)38-21-9-12-25-45(38)51-44-24-11-8-19-36(44)37-20-14-23-41(49)48(37)51/h3,5-31H,4H2,1-2H3/b15-3-,33-16+. The average molecular weight is 669 g/mol. The molecular weight excluding hydrogens is 633 g/mol. The Bertz CT molecular complexity index is 2770. The second kappa shape index (κ2) is 11.8. The molecule has 10 rings (SSSR count). The molecule has 52 heavy (non-hydrogen) atoms. The molecule has 1 spiro atoms. The van der Waals surface area contributed by atoms with Crippen LogP contribution in [0, 0.1) is 0 Å². The van der Waals surface area contributed by atoms with Crippen LogP contribution < -0.4 is 4.74 Å². The smallest absolute Gasteiger partial charge is 0.132 e. The van der Waals surface area contributed by atoms with Gasteiger partial charge in [0.15, 0.2) is 0 Å². The first kappa shape index (κ1) is 30.4. The quantitative estimate of drug-likeness (QED) is 0.171. The van der Waals surface area contributed by atoms with Crippen molar-refractivity contribution >= 4 is 27.4 Å². The van der Waals surface area contributed by atoms with E-state index in [9.17, 15) is 0 Å². The average Bonchev–Trinajstić information content (AvgIpc) is 3.54. The number of para-hydroxylation sites is 4. The molecule has 0 N–H and O–H groups in total. The summed E-state index contributed by atoms with van der Waals surface area (Å²) >= 11 is 0. The van der Waals surface area contributed by atoms with E-state index in [1.54, 1.807) is 0 Å².